The summed E-state index contributed by atoms with van der Waals surface area (Å²) in [4.78, 5) is 0. The molecule has 0 radical (unpaired) electrons. The topological polar surface area (TPSA) is 29.9 Å². The van der Waals surface area contributed by atoms with Crippen LogP contribution >= 0.6 is 27.5 Å². The number of rotatable bonds is 7. The Morgan fingerprint density at radius 2 is 2.11 bits per heavy atom. The zero-order chi connectivity index (χ0) is 13.7. The molecule has 0 aliphatic rings. The lowest BCUT2D eigenvalue weighted by atomic mass is 10.1. The highest BCUT2D eigenvalue weighted by molar-refractivity contribution is 9.10. The lowest BCUT2D eigenvalue weighted by molar-refractivity contribution is 0.526. The molecule has 0 saturated carbocycles. The number of aryl methyl sites for hydroxylation is 2. The van der Waals surface area contributed by atoms with Crippen LogP contribution in [0.15, 0.2) is 4.47 Å². The number of hydrogen-bond donors (Lipinski definition) is 1. The molecule has 5 heteroatoms. The van der Waals surface area contributed by atoms with Crippen LogP contribution in [0.3, 0.4) is 0 Å². The van der Waals surface area contributed by atoms with Crippen LogP contribution in [0.1, 0.15) is 38.6 Å². The van der Waals surface area contributed by atoms with Gasteiger partial charge in [0.1, 0.15) is 0 Å². The maximum Gasteiger partial charge on any atom is 0.0767 e. The third kappa shape index (κ3) is 4.56. The van der Waals surface area contributed by atoms with Crippen molar-refractivity contribution in [3.05, 3.63) is 15.9 Å². The summed E-state index contributed by atoms with van der Waals surface area (Å²) in [5, 5.41) is 8.07. The summed E-state index contributed by atoms with van der Waals surface area (Å²) in [6, 6.07) is 0. The second-order valence-electron chi connectivity index (χ2n) is 5.04. The third-order valence-electron chi connectivity index (χ3n) is 2.89. The quantitative estimate of drug-likeness (QED) is 0.773. The Kier molecular flexibility index (Phi) is 6.67. The SMILES string of the molecule is CCc1nn(C)c(CNCC(Cl)CC(C)C)c1Br. The molecule has 104 valence electrons. The normalized spacial score (nSPS) is 13.3. The summed E-state index contributed by atoms with van der Waals surface area (Å²) in [7, 11) is 1.98. The molecular formula is C13H23BrClN3. The van der Waals surface area contributed by atoms with E-state index in [0.717, 1.165) is 36.1 Å². The minimum Gasteiger partial charge on any atom is -0.310 e. The molecule has 0 amide bonds. The van der Waals surface area contributed by atoms with Crippen LogP contribution in [0, 0.1) is 5.92 Å². The molecule has 0 aliphatic carbocycles. The van der Waals surface area contributed by atoms with Gasteiger partial charge in [-0.25, -0.2) is 0 Å². The van der Waals surface area contributed by atoms with E-state index in [0.29, 0.717) is 5.92 Å². The zero-order valence-electron chi connectivity index (χ0n) is 11.6. The Morgan fingerprint density at radius 3 is 2.61 bits per heavy atom. The van der Waals surface area contributed by atoms with E-state index in [1.54, 1.807) is 0 Å². The lowest BCUT2D eigenvalue weighted by Gasteiger charge is -2.13. The number of nitrogens with zero attached hydrogens (tertiary/aromatic N) is 2. The van der Waals surface area contributed by atoms with Gasteiger partial charge in [0.05, 0.1) is 15.9 Å². The third-order valence-corrected chi connectivity index (χ3v) is 4.14. The van der Waals surface area contributed by atoms with E-state index in [9.17, 15) is 0 Å². The first kappa shape index (κ1) is 16.0. The van der Waals surface area contributed by atoms with Gasteiger partial charge >= 0.3 is 0 Å². The van der Waals surface area contributed by atoms with Gasteiger partial charge in [0.15, 0.2) is 0 Å². The molecule has 1 aromatic rings. The standard InChI is InChI=1S/C13H23BrClN3/c1-5-11-13(14)12(18(4)17-11)8-16-7-10(15)6-9(2)3/h9-10,16H,5-8H2,1-4H3. The summed E-state index contributed by atoms with van der Waals surface area (Å²) >= 11 is 9.87. The van der Waals surface area contributed by atoms with Crippen LogP contribution in [0.4, 0.5) is 0 Å². The molecule has 1 atom stereocenters. The van der Waals surface area contributed by atoms with E-state index in [1.807, 2.05) is 11.7 Å². The fourth-order valence-electron chi connectivity index (χ4n) is 1.95. The van der Waals surface area contributed by atoms with Crippen LogP contribution in [0.25, 0.3) is 0 Å². The van der Waals surface area contributed by atoms with Gasteiger partial charge < -0.3 is 5.32 Å². The van der Waals surface area contributed by atoms with Crippen LogP contribution in [-0.4, -0.2) is 21.7 Å². The highest BCUT2D eigenvalue weighted by Gasteiger charge is 2.13. The van der Waals surface area contributed by atoms with Crippen molar-refractivity contribution < 1.29 is 0 Å². The number of nitrogens with one attached hydrogen (secondary N) is 1. The van der Waals surface area contributed by atoms with Crippen molar-refractivity contribution in [2.45, 2.75) is 45.5 Å². The number of aromatic nitrogens is 2. The van der Waals surface area contributed by atoms with Gasteiger partial charge in [-0.2, -0.15) is 5.10 Å². The van der Waals surface area contributed by atoms with Crippen LogP contribution in [-0.2, 0) is 20.0 Å². The van der Waals surface area contributed by atoms with Crippen molar-refractivity contribution in [3.63, 3.8) is 0 Å². The average molecular weight is 337 g/mol. The molecule has 0 aliphatic heterocycles. The van der Waals surface area contributed by atoms with Gasteiger partial charge in [0.25, 0.3) is 0 Å². The monoisotopic (exact) mass is 335 g/mol. The highest BCUT2D eigenvalue weighted by atomic mass is 79.9. The molecule has 0 aromatic carbocycles. The summed E-state index contributed by atoms with van der Waals surface area (Å²) in [6.07, 6.45) is 1.99. The van der Waals surface area contributed by atoms with Gasteiger partial charge in [-0.1, -0.05) is 20.8 Å². The van der Waals surface area contributed by atoms with E-state index < -0.39 is 0 Å². The van der Waals surface area contributed by atoms with E-state index >= 15 is 0 Å². The maximum absolute atomic E-state index is 6.26. The lowest BCUT2D eigenvalue weighted by Crippen LogP contribution is -2.25. The minimum atomic E-state index is 0.197. The second-order valence-corrected chi connectivity index (χ2v) is 6.45. The number of hydrogen-bond acceptors (Lipinski definition) is 2. The Bertz CT molecular complexity index is 377. The van der Waals surface area contributed by atoms with Crippen LogP contribution in [0.5, 0.6) is 0 Å². The van der Waals surface area contributed by atoms with Crippen molar-refractivity contribution in [3.8, 4) is 0 Å². The van der Waals surface area contributed by atoms with Crippen molar-refractivity contribution in [2.24, 2.45) is 13.0 Å². The Morgan fingerprint density at radius 1 is 1.44 bits per heavy atom. The molecule has 18 heavy (non-hydrogen) atoms. The number of alkyl halides is 1. The summed E-state index contributed by atoms with van der Waals surface area (Å²) in [5.41, 5.74) is 2.29. The molecule has 1 N–H and O–H groups in total. The predicted molar refractivity (Wildman–Crippen MR) is 81.1 cm³/mol. The molecule has 0 spiro atoms. The summed E-state index contributed by atoms with van der Waals surface area (Å²) < 4.78 is 3.05. The Hall–Kier alpha value is -0.0600. The summed E-state index contributed by atoms with van der Waals surface area (Å²) in [5.74, 6) is 0.643. The van der Waals surface area contributed by atoms with E-state index in [2.05, 4.69) is 47.1 Å². The fourth-order valence-corrected chi connectivity index (χ4v) is 3.18. The molecule has 0 bridgehead atoms. The van der Waals surface area contributed by atoms with Crippen molar-refractivity contribution in [1.29, 1.82) is 0 Å². The minimum absolute atomic E-state index is 0.197. The smallest absolute Gasteiger partial charge is 0.0767 e. The van der Waals surface area contributed by atoms with Crippen LogP contribution < -0.4 is 5.32 Å². The molecular weight excluding hydrogens is 314 g/mol. The largest absolute Gasteiger partial charge is 0.310 e. The molecule has 1 unspecified atom stereocenters. The Balaban J connectivity index is 2.46. The molecule has 0 saturated heterocycles. The molecule has 3 nitrogen and oxygen atoms in total. The van der Waals surface area contributed by atoms with Gasteiger partial charge in [0, 0.05) is 25.5 Å². The van der Waals surface area contributed by atoms with E-state index in [4.69, 9.17) is 11.6 Å². The van der Waals surface area contributed by atoms with Crippen LogP contribution in [0.2, 0.25) is 0 Å². The van der Waals surface area contributed by atoms with E-state index in [1.165, 1.54) is 5.69 Å². The maximum atomic E-state index is 6.26. The number of halogens is 2. The second kappa shape index (κ2) is 7.51. The molecule has 0 fully saturated rings. The first-order valence-corrected chi connectivity index (χ1v) is 7.73. The molecule has 1 heterocycles. The van der Waals surface area contributed by atoms with Gasteiger partial charge in [-0.3, -0.25) is 4.68 Å². The Labute approximate surface area is 123 Å². The zero-order valence-corrected chi connectivity index (χ0v) is 14.0. The predicted octanol–water partition coefficient (Wildman–Crippen LogP) is 3.49. The highest BCUT2D eigenvalue weighted by Crippen LogP contribution is 2.21. The molecule has 1 rings (SSSR count). The van der Waals surface area contributed by atoms with Gasteiger partial charge in [-0.05, 0) is 34.7 Å². The van der Waals surface area contributed by atoms with Gasteiger partial charge in [0.2, 0.25) is 0 Å². The average Bonchev–Trinajstić information content (AvgIpc) is 2.55. The fraction of sp³-hybridized carbons (Fsp3) is 0.769. The van der Waals surface area contributed by atoms with Crippen molar-refractivity contribution >= 4 is 27.5 Å². The van der Waals surface area contributed by atoms with Crippen molar-refractivity contribution in [1.82, 2.24) is 15.1 Å². The summed E-state index contributed by atoms with van der Waals surface area (Å²) in [6.45, 7) is 8.13. The molecule has 1 aromatic heterocycles. The van der Waals surface area contributed by atoms with E-state index in [-0.39, 0.29) is 5.38 Å². The van der Waals surface area contributed by atoms with Gasteiger partial charge in [-0.15, -0.1) is 11.6 Å². The first-order chi connectivity index (χ1) is 8.45. The first-order valence-electron chi connectivity index (χ1n) is 6.50. The van der Waals surface area contributed by atoms with Crippen molar-refractivity contribution in [2.75, 3.05) is 6.54 Å².